The molecule has 21 heavy (non-hydrogen) atoms. The van der Waals surface area contributed by atoms with Gasteiger partial charge in [0, 0.05) is 25.7 Å². The van der Waals surface area contributed by atoms with Crippen LogP contribution >= 0.6 is 0 Å². The standard InChI is InChI=1S/C13H15FN2O4S/c1-15-12(17)6-9-3-2-4-10(5-9)16-8-11(7-13(16)18)21(14,19)20/h2-5,11H,6-8H2,1H3,(H,15,17). The van der Waals surface area contributed by atoms with Gasteiger partial charge in [0.1, 0.15) is 5.25 Å². The fourth-order valence-electron chi connectivity index (χ4n) is 2.22. The third-order valence-electron chi connectivity index (χ3n) is 3.35. The van der Waals surface area contributed by atoms with Crippen molar-refractivity contribution in [3.8, 4) is 0 Å². The molecule has 1 heterocycles. The number of hydrogen-bond donors (Lipinski definition) is 1. The predicted molar refractivity (Wildman–Crippen MR) is 75.0 cm³/mol. The van der Waals surface area contributed by atoms with Gasteiger partial charge < -0.3 is 10.2 Å². The average Bonchev–Trinajstić information content (AvgIpc) is 2.81. The van der Waals surface area contributed by atoms with Crippen molar-refractivity contribution in [2.45, 2.75) is 18.1 Å². The van der Waals surface area contributed by atoms with Crippen LogP contribution < -0.4 is 10.2 Å². The lowest BCUT2D eigenvalue weighted by Gasteiger charge is -2.17. The molecular weight excluding hydrogens is 299 g/mol. The molecule has 1 aromatic carbocycles. The summed E-state index contributed by atoms with van der Waals surface area (Å²) in [6, 6.07) is 6.64. The molecule has 1 N–H and O–H groups in total. The number of nitrogens with one attached hydrogen (secondary N) is 1. The summed E-state index contributed by atoms with van der Waals surface area (Å²) in [7, 11) is -3.22. The van der Waals surface area contributed by atoms with E-state index in [1.165, 1.54) is 11.9 Å². The monoisotopic (exact) mass is 314 g/mol. The lowest BCUT2D eigenvalue weighted by Crippen LogP contribution is -2.27. The van der Waals surface area contributed by atoms with Crippen LogP contribution in [0.25, 0.3) is 0 Å². The predicted octanol–water partition coefficient (Wildman–Crippen LogP) is 0.380. The van der Waals surface area contributed by atoms with Gasteiger partial charge in [0.2, 0.25) is 11.8 Å². The SMILES string of the molecule is CNC(=O)Cc1cccc(N2CC(S(=O)(=O)F)CC2=O)c1. The topological polar surface area (TPSA) is 83.6 Å². The highest BCUT2D eigenvalue weighted by molar-refractivity contribution is 7.87. The van der Waals surface area contributed by atoms with Crippen molar-refractivity contribution < 1.29 is 21.9 Å². The molecule has 1 saturated heterocycles. The van der Waals surface area contributed by atoms with Gasteiger partial charge in [0.25, 0.3) is 0 Å². The van der Waals surface area contributed by atoms with Crippen molar-refractivity contribution in [3.63, 3.8) is 0 Å². The van der Waals surface area contributed by atoms with Crippen LogP contribution in [-0.4, -0.2) is 39.1 Å². The Kier molecular flexibility index (Phi) is 4.26. The first-order chi connectivity index (χ1) is 9.81. The summed E-state index contributed by atoms with van der Waals surface area (Å²) in [5, 5.41) is 1.16. The van der Waals surface area contributed by atoms with E-state index in [4.69, 9.17) is 0 Å². The Bertz CT molecular complexity index is 675. The maximum atomic E-state index is 13.0. The molecule has 1 aromatic rings. The van der Waals surface area contributed by atoms with E-state index in [1.807, 2.05) is 0 Å². The van der Waals surface area contributed by atoms with Crippen LogP contribution in [0.1, 0.15) is 12.0 Å². The molecule has 1 aliphatic heterocycles. The minimum Gasteiger partial charge on any atom is -0.359 e. The Morgan fingerprint density at radius 3 is 2.76 bits per heavy atom. The fourth-order valence-corrected chi connectivity index (χ4v) is 2.89. The molecule has 6 nitrogen and oxygen atoms in total. The lowest BCUT2D eigenvalue weighted by atomic mass is 10.1. The van der Waals surface area contributed by atoms with Crippen LogP contribution in [0.2, 0.25) is 0 Å². The van der Waals surface area contributed by atoms with Gasteiger partial charge in [-0.3, -0.25) is 9.59 Å². The number of hydrogen-bond acceptors (Lipinski definition) is 4. The van der Waals surface area contributed by atoms with Gasteiger partial charge in [-0.15, -0.1) is 3.89 Å². The van der Waals surface area contributed by atoms with E-state index < -0.39 is 21.4 Å². The smallest absolute Gasteiger partial charge is 0.307 e. The first-order valence-corrected chi connectivity index (χ1v) is 7.79. The van der Waals surface area contributed by atoms with E-state index in [-0.39, 0.29) is 25.3 Å². The number of amides is 2. The number of carbonyl (C=O) groups excluding carboxylic acids is 2. The molecule has 1 aliphatic rings. The molecule has 1 unspecified atom stereocenters. The normalized spacial score (nSPS) is 18.9. The third kappa shape index (κ3) is 3.57. The number of nitrogens with zero attached hydrogens (tertiary/aromatic N) is 1. The molecule has 1 atom stereocenters. The average molecular weight is 314 g/mol. The number of anilines is 1. The van der Waals surface area contributed by atoms with E-state index in [9.17, 15) is 21.9 Å². The highest BCUT2D eigenvalue weighted by Crippen LogP contribution is 2.26. The van der Waals surface area contributed by atoms with Gasteiger partial charge in [-0.1, -0.05) is 12.1 Å². The second-order valence-corrected chi connectivity index (χ2v) is 6.44. The zero-order valence-corrected chi connectivity index (χ0v) is 12.2. The van der Waals surface area contributed by atoms with Crippen LogP contribution in [0, 0.1) is 0 Å². The summed E-state index contributed by atoms with van der Waals surface area (Å²) < 4.78 is 34.8. The highest BCUT2D eigenvalue weighted by atomic mass is 32.3. The molecule has 2 rings (SSSR count). The molecule has 0 aromatic heterocycles. The van der Waals surface area contributed by atoms with Gasteiger partial charge in [-0.2, -0.15) is 8.42 Å². The summed E-state index contributed by atoms with van der Waals surface area (Å²) in [6.07, 6.45) is -0.213. The number of likely N-dealkylation sites (N-methyl/N-ethyl adjacent to an activating group) is 1. The fraction of sp³-hybridized carbons (Fsp3) is 0.385. The Labute approximate surface area is 122 Å². The molecule has 0 saturated carbocycles. The van der Waals surface area contributed by atoms with Gasteiger partial charge in [0.05, 0.1) is 6.42 Å². The van der Waals surface area contributed by atoms with Gasteiger partial charge in [0.15, 0.2) is 0 Å². The molecular formula is C13H15FN2O4S. The van der Waals surface area contributed by atoms with Crippen molar-refractivity contribution in [1.29, 1.82) is 0 Å². The third-order valence-corrected chi connectivity index (χ3v) is 4.47. The Morgan fingerprint density at radius 2 is 2.19 bits per heavy atom. The van der Waals surface area contributed by atoms with Crippen LogP contribution in [0.4, 0.5) is 9.57 Å². The van der Waals surface area contributed by atoms with E-state index in [1.54, 1.807) is 24.3 Å². The summed E-state index contributed by atoms with van der Waals surface area (Å²) in [4.78, 5) is 24.4. The lowest BCUT2D eigenvalue weighted by molar-refractivity contribution is -0.120. The summed E-state index contributed by atoms with van der Waals surface area (Å²) >= 11 is 0. The molecule has 1 fully saturated rings. The van der Waals surface area contributed by atoms with Crippen molar-refractivity contribution in [2.75, 3.05) is 18.5 Å². The van der Waals surface area contributed by atoms with Gasteiger partial charge in [-0.25, -0.2) is 0 Å². The first-order valence-electron chi connectivity index (χ1n) is 6.34. The second-order valence-electron chi connectivity index (χ2n) is 4.83. The maximum Gasteiger partial charge on any atom is 0.307 e. The molecule has 2 amide bonds. The van der Waals surface area contributed by atoms with Crippen LogP contribution in [0.5, 0.6) is 0 Å². The van der Waals surface area contributed by atoms with Crippen molar-refractivity contribution in [2.24, 2.45) is 0 Å². The summed E-state index contributed by atoms with van der Waals surface area (Å²) in [6.45, 7) is -0.207. The molecule has 0 radical (unpaired) electrons. The summed E-state index contributed by atoms with van der Waals surface area (Å²) in [5.41, 5.74) is 1.15. The zero-order valence-electron chi connectivity index (χ0n) is 11.4. The first kappa shape index (κ1) is 15.4. The maximum absolute atomic E-state index is 13.0. The van der Waals surface area contributed by atoms with Crippen molar-refractivity contribution in [3.05, 3.63) is 29.8 Å². The largest absolute Gasteiger partial charge is 0.359 e. The van der Waals surface area contributed by atoms with E-state index in [0.717, 1.165) is 0 Å². The number of benzene rings is 1. The second kappa shape index (κ2) is 5.80. The minimum absolute atomic E-state index is 0.150. The number of halogens is 1. The van der Waals surface area contributed by atoms with E-state index >= 15 is 0 Å². The molecule has 0 bridgehead atoms. The molecule has 8 heteroatoms. The van der Waals surface area contributed by atoms with Crippen LogP contribution in [-0.2, 0) is 26.2 Å². The van der Waals surface area contributed by atoms with Crippen LogP contribution in [0.3, 0.4) is 0 Å². The molecule has 0 spiro atoms. The van der Waals surface area contributed by atoms with Gasteiger partial charge >= 0.3 is 10.2 Å². The van der Waals surface area contributed by atoms with E-state index in [2.05, 4.69) is 5.32 Å². The summed E-state index contributed by atoms with van der Waals surface area (Å²) in [5.74, 6) is -0.623. The van der Waals surface area contributed by atoms with E-state index in [0.29, 0.717) is 11.3 Å². The van der Waals surface area contributed by atoms with Gasteiger partial charge in [-0.05, 0) is 17.7 Å². The van der Waals surface area contributed by atoms with Crippen LogP contribution in [0.15, 0.2) is 24.3 Å². The Balaban J connectivity index is 2.21. The molecule has 0 aliphatic carbocycles. The molecule has 114 valence electrons. The quantitative estimate of drug-likeness (QED) is 0.814. The van der Waals surface area contributed by atoms with Crippen molar-refractivity contribution in [1.82, 2.24) is 5.32 Å². The Morgan fingerprint density at radius 1 is 1.48 bits per heavy atom. The minimum atomic E-state index is -4.74. The Hall–Kier alpha value is -1.96. The number of rotatable bonds is 4. The van der Waals surface area contributed by atoms with Crippen molar-refractivity contribution >= 4 is 27.7 Å². The number of carbonyl (C=O) groups is 2. The highest BCUT2D eigenvalue weighted by Gasteiger charge is 2.39. The zero-order chi connectivity index (χ0) is 15.6.